The average Bonchev–Trinajstić information content (AvgIpc) is 1.99. The normalized spacial score (nSPS) is 12.4. The lowest BCUT2D eigenvalue weighted by atomic mass is 10.5. The number of alkyl halides is 6. The number of carbonyl (C=O) groups excluding carboxylic acids is 1. The van der Waals surface area contributed by atoms with E-state index < -0.39 is 15.2 Å². The lowest BCUT2D eigenvalue weighted by Gasteiger charge is -2.22. The Morgan fingerprint density at radius 1 is 0.875 bits per heavy atom. The fraction of sp³-hybridized carbons (Fsp3) is 0.857. The van der Waals surface area contributed by atoms with Crippen LogP contribution in [0.25, 0.3) is 0 Å². The van der Waals surface area contributed by atoms with Crippen molar-refractivity contribution < 1.29 is 14.3 Å². The SMILES string of the molecule is O=C(OC(Cl)(Cl)CCCl)OC(Cl)(Cl)CCCl. The molecule has 0 radical (unpaired) electrons. The lowest BCUT2D eigenvalue weighted by Crippen LogP contribution is -2.29. The second-order valence-corrected chi connectivity index (χ2v) is 6.19. The molecule has 0 aromatic heterocycles. The fourth-order valence-corrected chi connectivity index (χ4v) is 2.14. The Balaban J connectivity index is 4.17. The van der Waals surface area contributed by atoms with Crippen molar-refractivity contribution in [3.8, 4) is 0 Å². The summed E-state index contributed by atoms with van der Waals surface area (Å²) in [4.78, 5) is 11.2. The molecule has 9 heteroatoms. The highest BCUT2D eigenvalue weighted by atomic mass is 35.5. The molecule has 0 rings (SSSR count). The Labute approximate surface area is 123 Å². The van der Waals surface area contributed by atoms with Crippen molar-refractivity contribution in [2.75, 3.05) is 11.8 Å². The van der Waals surface area contributed by atoms with Crippen molar-refractivity contribution in [2.24, 2.45) is 0 Å². The number of rotatable bonds is 6. The molecule has 3 nitrogen and oxygen atoms in total. The van der Waals surface area contributed by atoms with Crippen LogP contribution in [0.2, 0.25) is 0 Å². The minimum Gasteiger partial charge on any atom is -0.397 e. The Morgan fingerprint density at radius 2 is 1.19 bits per heavy atom. The zero-order chi connectivity index (χ0) is 12.8. The van der Waals surface area contributed by atoms with E-state index in [0.717, 1.165) is 0 Å². The minimum atomic E-state index is -1.77. The highest BCUT2D eigenvalue weighted by molar-refractivity contribution is 6.48. The molecular weight excluding hydrogens is 345 g/mol. The molecule has 0 saturated heterocycles. The van der Waals surface area contributed by atoms with Gasteiger partial charge in [-0.2, -0.15) is 0 Å². The summed E-state index contributed by atoms with van der Waals surface area (Å²) < 4.78 is 5.52. The smallest absolute Gasteiger partial charge is 0.397 e. The second-order valence-electron chi connectivity index (χ2n) is 2.61. The largest absolute Gasteiger partial charge is 0.513 e. The molecule has 0 fully saturated rings. The molecule has 0 amide bonds. The van der Waals surface area contributed by atoms with Gasteiger partial charge >= 0.3 is 6.16 Å². The summed E-state index contributed by atoms with van der Waals surface area (Å²) >= 11 is 33.1. The predicted octanol–water partition coefficient (Wildman–Crippen LogP) is 4.66. The van der Waals surface area contributed by atoms with Crippen LogP contribution in [-0.2, 0) is 9.47 Å². The van der Waals surface area contributed by atoms with E-state index in [2.05, 4.69) is 9.47 Å². The van der Waals surface area contributed by atoms with Crippen LogP contribution < -0.4 is 0 Å². The summed E-state index contributed by atoms with van der Waals surface area (Å²) in [6.45, 7) is 0. The first-order chi connectivity index (χ1) is 7.22. The quantitative estimate of drug-likeness (QED) is 0.515. The van der Waals surface area contributed by atoms with E-state index in [0.29, 0.717) is 0 Å². The molecule has 0 bridgehead atoms. The van der Waals surface area contributed by atoms with Gasteiger partial charge in [-0.3, -0.25) is 0 Å². The van der Waals surface area contributed by atoms with Crippen LogP contribution in [0.3, 0.4) is 0 Å². The van der Waals surface area contributed by atoms with E-state index >= 15 is 0 Å². The maximum Gasteiger partial charge on any atom is 0.513 e. The van der Waals surface area contributed by atoms with E-state index in [1.165, 1.54) is 0 Å². The van der Waals surface area contributed by atoms with Crippen LogP contribution in [0.1, 0.15) is 12.8 Å². The minimum absolute atomic E-state index is 0.0276. The first-order valence-electron chi connectivity index (χ1n) is 4.02. The Hall–Kier alpha value is 1.01. The first kappa shape index (κ1) is 17.0. The molecule has 0 unspecified atom stereocenters. The van der Waals surface area contributed by atoms with Crippen LogP contribution in [0, 0.1) is 0 Å². The summed E-state index contributed by atoms with van der Waals surface area (Å²) in [6, 6.07) is 0. The summed E-state index contributed by atoms with van der Waals surface area (Å²) in [5.41, 5.74) is 0. The molecule has 0 atom stereocenters. The van der Waals surface area contributed by atoms with Gasteiger partial charge in [-0.15, -0.1) is 23.2 Å². The molecule has 0 spiro atoms. The zero-order valence-corrected chi connectivity index (χ0v) is 12.4. The molecule has 96 valence electrons. The molecule has 0 aliphatic rings. The van der Waals surface area contributed by atoms with Gasteiger partial charge in [-0.1, -0.05) is 46.4 Å². The maximum absolute atomic E-state index is 11.2. The number of hydrogen-bond acceptors (Lipinski definition) is 3. The van der Waals surface area contributed by atoms with Crippen LogP contribution in [0.5, 0.6) is 0 Å². The van der Waals surface area contributed by atoms with Crippen LogP contribution in [0.15, 0.2) is 0 Å². The third-order valence-corrected chi connectivity index (χ3v) is 2.68. The van der Waals surface area contributed by atoms with E-state index in [9.17, 15) is 4.79 Å². The van der Waals surface area contributed by atoms with E-state index in [1.54, 1.807) is 0 Å². The van der Waals surface area contributed by atoms with Crippen molar-refractivity contribution in [1.29, 1.82) is 0 Å². The molecule has 0 N–H and O–H groups in total. The maximum atomic E-state index is 11.2. The number of hydrogen-bond donors (Lipinski definition) is 0. The molecule has 0 saturated carbocycles. The van der Waals surface area contributed by atoms with Gasteiger partial charge in [0.25, 0.3) is 9.04 Å². The number of ether oxygens (including phenoxy) is 2. The fourth-order valence-electron chi connectivity index (χ4n) is 0.587. The van der Waals surface area contributed by atoms with E-state index in [1.807, 2.05) is 0 Å². The van der Waals surface area contributed by atoms with Gasteiger partial charge in [0.15, 0.2) is 0 Å². The molecule has 0 aliphatic carbocycles. The molecule has 16 heavy (non-hydrogen) atoms. The molecular formula is C7H8Cl6O3. The summed E-state index contributed by atoms with van der Waals surface area (Å²) in [6.07, 6.45) is -1.15. The van der Waals surface area contributed by atoms with Crippen LogP contribution >= 0.6 is 69.6 Å². The average molecular weight is 353 g/mol. The van der Waals surface area contributed by atoms with Gasteiger partial charge in [0.1, 0.15) is 0 Å². The predicted molar refractivity (Wildman–Crippen MR) is 67.1 cm³/mol. The van der Waals surface area contributed by atoms with Crippen LogP contribution in [0.4, 0.5) is 4.79 Å². The molecule has 0 heterocycles. The Morgan fingerprint density at radius 3 is 1.44 bits per heavy atom. The van der Waals surface area contributed by atoms with Gasteiger partial charge < -0.3 is 9.47 Å². The summed E-state index contributed by atoms with van der Waals surface area (Å²) in [7, 11) is 0. The van der Waals surface area contributed by atoms with Crippen molar-refractivity contribution >= 4 is 75.8 Å². The topological polar surface area (TPSA) is 35.5 Å². The van der Waals surface area contributed by atoms with Gasteiger partial charge in [0, 0.05) is 24.6 Å². The van der Waals surface area contributed by atoms with Crippen molar-refractivity contribution in [3.63, 3.8) is 0 Å². The second kappa shape index (κ2) is 7.45. The van der Waals surface area contributed by atoms with E-state index in [-0.39, 0.29) is 24.6 Å². The third-order valence-electron chi connectivity index (χ3n) is 1.24. The highest BCUT2D eigenvalue weighted by Crippen LogP contribution is 2.32. The lowest BCUT2D eigenvalue weighted by molar-refractivity contribution is 0.0145. The van der Waals surface area contributed by atoms with Crippen molar-refractivity contribution in [2.45, 2.75) is 21.9 Å². The Kier molecular flexibility index (Phi) is 7.92. The number of carbonyl (C=O) groups is 1. The Bertz CT molecular complexity index is 210. The van der Waals surface area contributed by atoms with Crippen LogP contribution in [-0.4, -0.2) is 27.0 Å². The van der Waals surface area contributed by atoms with E-state index in [4.69, 9.17) is 69.6 Å². The molecule has 0 aromatic carbocycles. The van der Waals surface area contributed by atoms with Gasteiger partial charge in [-0.05, 0) is 0 Å². The standard InChI is InChI=1S/C7H8Cl6O3/c8-3-1-6(10,11)15-5(14)16-7(12,13)2-4-9/h1-4H2. The zero-order valence-electron chi connectivity index (χ0n) is 7.82. The third kappa shape index (κ3) is 8.15. The summed E-state index contributed by atoms with van der Waals surface area (Å²) in [5.74, 6) is 0.212. The van der Waals surface area contributed by atoms with Gasteiger partial charge in [0.2, 0.25) is 0 Å². The highest BCUT2D eigenvalue weighted by Gasteiger charge is 2.34. The van der Waals surface area contributed by atoms with Crippen molar-refractivity contribution in [3.05, 3.63) is 0 Å². The van der Waals surface area contributed by atoms with Crippen molar-refractivity contribution in [1.82, 2.24) is 0 Å². The van der Waals surface area contributed by atoms with Gasteiger partial charge in [0.05, 0.1) is 0 Å². The molecule has 0 aliphatic heterocycles. The first-order valence-corrected chi connectivity index (χ1v) is 6.60. The summed E-state index contributed by atoms with van der Waals surface area (Å²) in [5, 5.41) is 0. The number of halogens is 6. The molecule has 0 aromatic rings. The van der Waals surface area contributed by atoms with Gasteiger partial charge in [-0.25, -0.2) is 4.79 Å². The monoisotopic (exact) mass is 350 g/mol.